The smallest absolute Gasteiger partial charge is 0.0545 e. The van der Waals surface area contributed by atoms with Crippen LogP contribution in [0.5, 0.6) is 0 Å². The number of rotatable bonds is 2. The molecule has 2 rings (SSSR count). The largest absolute Gasteiger partial charge is 0.161 e. The van der Waals surface area contributed by atoms with Gasteiger partial charge in [0.1, 0.15) is 0 Å². The van der Waals surface area contributed by atoms with Gasteiger partial charge >= 0.3 is 0 Å². The lowest BCUT2D eigenvalue weighted by Crippen LogP contribution is -2.10. The molecule has 0 amide bonds. The van der Waals surface area contributed by atoms with Gasteiger partial charge in [-0.05, 0) is 41.8 Å². The Morgan fingerprint density at radius 2 is 0.880 bits per heavy atom. The second-order valence-electron chi connectivity index (χ2n) is 5.02. The first-order valence-electron chi connectivity index (χ1n) is 6.41. The molecule has 0 spiro atoms. The average Bonchev–Trinajstić information content (AvgIpc) is 2.32. The van der Waals surface area contributed by atoms with E-state index in [4.69, 9.17) is 0 Å². The summed E-state index contributed by atoms with van der Waals surface area (Å²) < 4.78 is 2.93. The molecule has 0 unspecified atom stereocenters. The number of alkyl halides is 6. The van der Waals surface area contributed by atoms with Crippen LogP contribution in [0.1, 0.15) is 22.3 Å². The molecule has 0 N–H and O–H groups in total. The number of hydrogen-bond acceptors (Lipinski definition) is 0. The van der Waals surface area contributed by atoms with E-state index in [1.54, 1.807) is 0 Å². The zero-order chi connectivity index (χ0) is 19.2. The SMILES string of the molecule is Brc1cc(Br)c(C(Br)(Br)Br)c(Cc2cc(Br)cc(Br)c2C(Br)(Br)Br)c1. The average molecular weight is 985 g/mol. The van der Waals surface area contributed by atoms with Crippen molar-refractivity contribution in [3.05, 3.63) is 64.4 Å². The Morgan fingerprint density at radius 1 is 0.560 bits per heavy atom. The highest BCUT2D eigenvalue weighted by Gasteiger charge is 2.31. The van der Waals surface area contributed by atoms with Crippen LogP contribution in [0.25, 0.3) is 0 Å². The maximum Gasteiger partial charge on any atom is 0.161 e. The van der Waals surface area contributed by atoms with E-state index in [0.717, 1.165) is 46.6 Å². The van der Waals surface area contributed by atoms with Crippen LogP contribution < -0.4 is 0 Å². The molecule has 0 atom stereocenters. The van der Waals surface area contributed by atoms with Gasteiger partial charge in [0.05, 0.1) is 0 Å². The van der Waals surface area contributed by atoms with Crippen molar-refractivity contribution in [3.8, 4) is 0 Å². The summed E-state index contributed by atoms with van der Waals surface area (Å²) in [6.07, 6.45) is 0.718. The Labute approximate surface area is 230 Å². The second-order valence-corrected chi connectivity index (χ2v) is 22.1. The Balaban J connectivity index is 2.70. The molecule has 2 aromatic rings. The molecule has 0 saturated carbocycles. The maximum atomic E-state index is 3.67. The second kappa shape index (κ2) is 9.58. The minimum absolute atomic E-state index is 0.528. The van der Waals surface area contributed by atoms with Gasteiger partial charge in [-0.2, -0.15) is 0 Å². The molecule has 0 aliphatic rings. The monoisotopic (exact) mass is 975 g/mol. The maximum absolute atomic E-state index is 3.67. The molecule has 0 aromatic heterocycles. The summed E-state index contributed by atoms with van der Waals surface area (Å²) in [5.41, 5.74) is 4.44. The van der Waals surface area contributed by atoms with E-state index in [1.165, 1.54) is 0 Å². The minimum atomic E-state index is -0.528. The summed E-state index contributed by atoms with van der Waals surface area (Å²) in [5, 5.41) is 0. The Kier molecular flexibility index (Phi) is 9.39. The fourth-order valence-corrected chi connectivity index (χ4v) is 10.0. The molecular formula is C15H6Br10. The Hall–Kier alpha value is 3.24. The fraction of sp³-hybridized carbons (Fsp3) is 0.200. The molecule has 0 radical (unpaired) electrons. The van der Waals surface area contributed by atoms with Crippen molar-refractivity contribution in [3.63, 3.8) is 0 Å². The molecule has 0 saturated heterocycles. The summed E-state index contributed by atoms with van der Waals surface area (Å²) in [6, 6.07) is 8.29. The first kappa shape index (κ1) is 24.5. The van der Waals surface area contributed by atoms with Crippen molar-refractivity contribution in [2.45, 2.75) is 10.7 Å². The molecule has 0 aliphatic carbocycles. The Morgan fingerprint density at radius 3 is 1.16 bits per heavy atom. The molecule has 0 aliphatic heterocycles. The van der Waals surface area contributed by atoms with Crippen molar-refractivity contribution in [2.24, 2.45) is 0 Å². The van der Waals surface area contributed by atoms with Crippen LogP contribution in [0.2, 0.25) is 0 Å². The van der Waals surface area contributed by atoms with Crippen LogP contribution in [0, 0.1) is 0 Å². The zero-order valence-electron chi connectivity index (χ0n) is 11.8. The third-order valence-electron chi connectivity index (χ3n) is 3.22. The van der Waals surface area contributed by atoms with Gasteiger partial charge in [0.2, 0.25) is 0 Å². The van der Waals surface area contributed by atoms with Crippen LogP contribution >= 0.6 is 159 Å². The van der Waals surface area contributed by atoms with Gasteiger partial charge in [0, 0.05) is 29.0 Å². The molecule has 136 valence electrons. The molecular weight excluding hydrogens is 979 g/mol. The van der Waals surface area contributed by atoms with Crippen LogP contribution in [-0.4, -0.2) is 0 Å². The number of halogens is 10. The summed E-state index contributed by atoms with van der Waals surface area (Å²) in [5.74, 6) is 0. The predicted octanol–water partition coefficient (Wildman–Crippen LogP) is 10.9. The molecule has 0 nitrogen and oxygen atoms in total. The lowest BCUT2D eigenvalue weighted by molar-refractivity contribution is 1.08. The van der Waals surface area contributed by atoms with E-state index in [-0.39, 0.29) is 0 Å². The highest BCUT2D eigenvalue weighted by atomic mass is 80.0. The summed E-state index contributed by atoms with van der Waals surface area (Å²) in [6.45, 7) is 0. The van der Waals surface area contributed by atoms with Crippen molar-refractivity contribution in [1.82, 2.24) is 0 Å². The van der Waals surface area contributed by atoms with E-state index < -0.39 is 4.29 Å². The molecule has 25 heavy (non-hydrogen) atoms. The molecule has 0 fully saturated rings. The first-order chi connectivity index (χ1) is 11.3. The molecule has 0 bridgehead atoms. The molecule has 0 heterocycles. The van der Waals surface area contributed by atoms with E-state index >= 15 is 0 Å². The zero-order valence-corrected chi connectivity index (χ0v) is 27.7. The topological polar surface area (TPSA) is 0 Å². The quantitative estimate of drug-likeness (QED) is 0.263. The summed E-state index contributed by atoms with van der Waals surface area (Å²) in [4.78, 5) is 0. The van der Waals surface area contributed by atoms with Crippen LogP contribution in [0.3, 0.4) is 0 Å². The highest BCUT2D eigenvalue weighted by molar-refractivity contribution is 9.39. The van der Waals surface area contributed by atoms with Gasteiger partial charge in [-0.25, -0.2) is 0 Å². The van der Waals surface area contributed by atoms with Crippen molar-refractivity contribution < 1.29 is 0 Å². The van der Waals surface area contributed by atoms with E-state index in [1.807, 2.05) is 12.1 Å². The van der Waals surface area contributed by atoms with Gasteiger partial charge < -0.3 is 0 Å². The van der Waals surface area contributed by atoms with Crippen LogP contribution in [0.15, 0.2) is 42.2 Å². The molecule has 10 heteroatoms. The first-order valence-corrected chi connectivity index (χ1v) is 14.3. The molecule has 2 aromatic carbocycles. The van der Waals surface area contributed by atoms with E-state index in [2.05, 4.69) is 171 Å². The predicted molar refractivity (Wildman–Crippen MR) is 143 cm³/mol. The third kappa shape index (κ3) is 6.61. The number of hydrogen-bond donors (Lipinski definition) is 0. The Bertz CT molecular complexity index is 734. The van der Waals surface area contributed by atoms with Gasteiger partial charge in [-0.15, -0.1) is 0 Å². The van der Waals surface area contributed by atoms with Crippen molar-refractivity contribution >= 4 is 159 Å². The van der Waals surface area contributed by atoms with Gasteiger partial charge in [-0.1, -0.05) is 159 Å². The normalized spacial score (nSPS) is 12.6. The van der Waals surface area contributed by atoms with Crippen molar-refractivity contribution in [2.75, 3.05) is 0 Å². The lowest BCUT2D eigenvalue weighted by atomic mass is 9.97. The van der Waals surface area contributed by atoms with Gasteiger partial charge in [0.25, 0.3) is 0 Å². The lowest BCUT2D eigenvalue weighted by Gasteiger charge is -2.24. The van der Waals surface area contributed by atoms with Gasteiger partial charge in [-0.3, -0.25) is 0 Å². The van der Waals surface area contributed by atoms with Crippen LogP contribution in [-0.2, 0) is 10.7 Å². The minimum Gasteiger partial charge on any atom is -0.0545 e. The standard InChI is InChI=1S/C15H6Br10/c16-8-2-6(12(10(18)4-8)14(20,21)22)1-7-3-9(17)5-11(19)13(7)15(23,24)25/h2-5H,1H2. The number of benzene rings is 2. The fourth-order valence-electron chi connectivity index (χ4n) is 2.37. The van der Waals surface area contributed by atoms with Crippen molar-refractivity contribution in [1.29, 1.82) is 0 Å². The van der Waals surface area contributed by atoms with E-state index in [9.17, 15) is 0 Å². The van der Waals surface area contributed by atoms with Gasteiger partial charge in [0.15, 0.2) is 4.29 Å². The highest BCUT2D eigenvalue weighted by Crippen LogP contribution is 2.52. The summed E-state index contributed by atoms with van der Waals surface area (Å²) in [7, 11) is 0. The van der Waals surface area contributed by atoms with E-state index in [0.29, 0.717) is 0 Å². The van der Waals surface area contributed by atoms with Crippen LogP contribution in [0.4, 0.5) is 0 Å². The summed E-state index contributed by atoms with van der Waals surface area (Å²) >= 11 is 36.4. The third-order valence-corrected chi connectivity index (χ3v) is 7.77.